The molecule has 36 heavy (non-hydrogen) atoms. The summed E-state index contributed by atoms with van der Waals surface area (Å²) < 4.78 is 7.78. The molecule has 1 aliphatic rings. The van der Waals surface area contributed by atoms with Crippen LogP contribution in [0.3, 0.4) is 0 Å². The maximum absolute atomic E-state index is 12.9. The Morgan fingerprint density at radius 2 is 1.83 bits per heavy atom. The van der Waals surface area contributed by atoms with Gasteiger partial charge in [-0.1, -0.05) is 23.4 Å². The minimum atomic E-state index is -0.199. The van der Waals surface area contributed by atoms with Crippen LogP contribution in [0.4, 0.5) is 0 Å². The van der Waals surface area contributed by atoms with Crippen molar-refractivity contribution in [3.63, 3.8) is 0 Å². The van der Waals surface area contributed by atoms with E-state index >= 15 is 0 Å². The standard InChI is InChI=1S/C27H34N6O3/c1-4-28-26(34)19-11-15-22(16-12-19)33-23(25(30-31-33)27(35)29-21-13-14-21)9-7-17-36-24-10-6-5-8-20(24)18-32(2)3/h5-6,8,10-12,15-16,21H,4,7,9,13-14,17-18H2,1-3H3,(H,28,34)(H,29,35). The summed E-state index contributed by atoms with van der Waals surface area (Å²) in [5, 5.41) is 14.3. The fourth-order valence-electron chi connectivity index (χ4n) is 3.95. The second-order valence-corrected chi connectivity index (χ2v) is 9.25. The van der Waals surface area contributed by atoms with Gasteiger partial charge < -0.3 is 20.3 Å². The van der Waals surface area contributed by atoms with E-state index in [0.717, 1.165) is 42.1 Å². The lowest BCUT2D eigenvalue weighted by Crippen LogP contribution is -2.27. The highest BCUT2D eigenvalue weighted by atomic mass is 16.5. The molecule has 0 radical (unpaired) electrons. The number of benzene rings is 2. The maximum Gasteiger partial charge on any atom is 0.273 e. The van der Waals surface area contributed by atoms with Crippen molar-refractivity contribution in [2.75, 3.05) is 27.2 Å². The highest BCUT2D eigenvalue weighted by Crippen LogP contribution is 2.22. The number of nitrogens with zero attached hydrogens (tertiary/aromatic N) is 4. The number of hydrogen-bond donors (Lipinski definition) is 2. The Hall–Kier alpha value is -3.72. The van der Waals surface area contributed by atoms with E-state index in [1.165, 1.54) is 0 Å². The Labute approximate surface area is 211 Å². The van der Waals surface area contributed by atoms with Gasteiger partial charge in [-0.05, 0) is 77.0 Å². The lowest BCUT2D eigenvalue weighted by atomic mass is 10.1. The van der Waals surface area contributed by atoms with Crippen LogP contribution in [-0.2, 0) is 13.0 Å². The molecule has 2 aromatic carbocycles. The van der Waals surface area contributed by atoms with E-state index in [9.17, 15) is 9.59 Å². The van der Waals surface area contributed by atoms with Gasteiger partial charge in [0.2, 0.25) is 0 Å². The summed E-state index contributed by atoms with van der Waals surface area (Å²) >= 11 is 0. The molecule has 4 rings (SSSR count). The number of rotatable bonds is 12. The summed E-state index contributed by atoms with van der Waals surface area (Å²) in [6, 6.07) is 15.4. The van der Waals surface area contributed by atoms with Gasteiger partial charge in [0.05, 0.1) is 18.0 Å². The number of amides is 2. The molecule has 190 valence electrons. The number of nitrogens with one attached hydrogen (secondary N) is 2. The van der Waals surface area contributed by atoms with Crippen molar-refractivity contribution in [1.29, 1.82) is 0 Å². The lowest BCUT2D eigenvalue weighted by molar-refractivity contribution is 0.0940. The van der Waals surface area contributed by atoms with Gasteiger partial charge in [0.1, 0.15) is 5.75 Å². The summed E-state index contributed by atoms with van der Waals surface area (Å²) in [6.45, 7) is 3.74. The first-order valence-electron chi connectivity index (χ1n) is 12.5. The smallest absolute Gasteiger partial charge is 0.273 e. The van der Waals surface area contributed by atoms with Crippen LogP contribution in [0.25, 0.3) is 5.69 Å². The molecule has 3 aromatic rings. The Kier molecular flexibility index (Phi) is 8.32. The second-order valence-electron chi connectivity index (χ2n) is 9.25. The van der Waals surface area contributed by atoms with E-state index in [4.69, 9.17) is 4.74 Å². The average Bonchev–Trinajstić information content (AvgIpc) is 3.58. The number of aromatic nitrogens is 3. The van der Waals surface area contributed by atoms with Gasteiger partial charge in [-0.15, -0.1) is 5.10 Å². The molecular weight excluding hydrogens is 456 g/mol. The van der Waals surface area contributed by atoms with Gasteiger partial charge in [-0.2, -0.15) is 0 Å². The molecule has 9 nitrogen and oxygen atoms in total. The van der Waals surface area contributed by atoms with Gasteiger partial charge in [-0.3, -0.25) is 9.59 Å². The summed E-state index contributed by atoms with van der Waals surface area (Å²) in [7, 11) is 4.06. The molecule has 0 spiro atoms. The van der Waals surface area contributed by atoms with Crippen molar-refractivity contribution in [3.8, 4) is 11.4 Å². The first-order valence-corrected chi connectivity index (χ1v) is 12.5. The molecule has 0 bridgehead atoms. The lowest BCUT2D eigenvalue weighted by Gasteiger charge is -2.15. The van der Waals surface area contributed by atoms with Crippen LogP contribution in [-0.4, -0.2) is 65.0 Å². The molecule has 9 heteroatoms. The van der Waals surface area contributed by atoms with E-state index in [-0.39, 0.29) is 17.9 Å². The zero-order valence-corrected chi connectivity index (χ0v) is 21.2. The van der Waals surface area contributed by atoms with E-state index in [0.29, 0.717) is 37.3 Å². The zero-order chi connectivity index (χ0) is 25.5. The molecule has 0 saturated heterocycles. The predicted octanol–water partition coefficient (Wildman–Crippen LogP) is 2.98. The van der Waals surface area contributed by atoms with Gasteiger partial charge in [0.25, 0.3) is 11.8 Å². The molecule has 1 heterocycles. The quantitative estimate of drug-likeness (QED) is 0.379. The minimum absolute atomic E-state index is 0.126. The van der Waals surface area contributed by atoms with Crippen LogP contribution in [0, 0.1) is 0 Å². The first-order chi connectivity index (χ1) is 17.5. The minimum Gasteiger partial charge on any atom is -0.493 e. The number of ether oxygens (including phenoxy) is 1. The number of carbonyl (C=O) groups excluding carboxylic acids is 2. The van der Waals surface area contributed by atoms with Gasteiger partial charge in [0, 0.05) is 30.3 Å². The molecule has 0 aliphatic heterocycles. The summed E-state index contributed by atoms with van der Waals surface area (Å²) in [5.41, 5.74) is 3.50. The summed E-state index contributed by atoms with van der Waals surface area (Å²) in [4.78, 5) is 27.1. The van der Waals surface area contributed by atoms with Crippen molar-refractivity contribution in [2.24, 2.45) is 0 Å². The maximum atomic E-state index is 12.9. The van der Waals surface area contributed by atoms with Crippen LogP contribution in [0.1, 0.15) is 58.3 Å². The van der Waals surface area contributed by atoms with Crippen molar-refractivity contribution in [3.05, 3.63) is 71.0 Å². The van der Waals surface area contributed by atoms with E-state index < -0.39 is 0 Å². The number of para-hydroxylation sites is 1. The van der Waals surface area contributed by atoms with Crippen LogP contribution in [0.15, 0.2) is 48.5 Å². The van der Waals surface area contributed by atoms with Crippen LogP contribution >= 0.6 is 0 Å². The van der Waals surface area contributed by atoms with Crippen LogP contribution in [0.2, 0.25) is 0 Å². The third-order valence-electron chi connectivity index (χ3n) is 5.88. The first kappa shape index (κ1) is 25.4. The molecule has 0 unspecified atom stereocenters. The molecular formula is C27H34N6O3. The highest BCUT2D eigenvalue weighted by molar-refractivity contribution is 5.94. The van der Waals surface area contributed by atoms with Crippen molar-refractivity contribution in [2.45, 2.75) is 45.2 Å². The fourth-order valence-corrected chi connectivity index (χ4v) is 3.95. The van der Waals surface area contributed by atoms with E-state index in [1.807, 2.05) is 51.4 Å². The third kappa shape index (κ3) is 6.48. The monoisotopic (exact) mass is 490 g/mol. The van der Waals surface area contributed by atoms with E-state index in [1.54, 1.807) is 16.8 Å². The fraction of sp³-hybridized carbons (Fsp3) is 0.407. The van der Waals surface area contributed by atoms with Crippen molar-refractivity contribution in [1.82, 2.24) is 30.5 Å². The van der Waals surface area contributed by atoms with Crippen LogP contribution in [0.5, 0.6) is 5.75 Å². The van der Waals surface area contributed by atoms with Crippen LogP contribution < -0.4 is 15.4 Å². The van der Waals surface area contributed by atoms with Gasteiger partial charge >= 0.3 is 0 Å². The third-order valence-corrected chi connectivity index (χ3v) is 5.88. The van der Waals surface area contributed by atoms with Crippen molar-refractivity contribution >= 4 is 11.8 Å². The Morgan fingerprint density at radius 3 is 2.53 bits per heavy atom. The van der Waals surface area contributed by atoms with Crippen molar-refractivity contribution < 1.29 is 14.3 Å². The largest absolute Gasteiger partial charge is 0.493 e. The Bertz CT molecular complexity index is 1180. The van der Waals surface area contributed by atoms with Gasteiger partial charge in [-0.25, -0.2) is 4.68 Å². The zero-order valence-electron chi connectivity index (χ0n) is 21.2. The second kappa shape index (κ2) is 11.8. The topological polar surface area (TPSA) is 101 Å². The predicted molar refractivity (Wildman–Crippen MR) is 138 cm³/mol. The number of hydrogen-bond acceptors (Lipinski definition) is 6. The normalized spacial score (nSPS) is 13.0. The molecule has 1 aromatic heterocycles. The average molecular weight is 491 g/mol. The Balaban J connectivity index is 1.49. The van der Waals surface area contributed by atoms with Gasteiger partial charge in [0.15, 0.2) is 5.69 Å². The molecule has 2 N–H and O–H groups in total. The molecule has 1 aliphatic carbocycles. The SMILES string of the molecule is CCNC(=O)c1ccc(-n2nnc(C(=O)NC3CC3)c2CCCOc2ccccc2CN(C)C)cc1. The summed E-state index contributed by atoms with van der Waals surface area (Å²) in [5.74, 6) is 0.541. The number of carbonyl (C=O) groups is 2. The molecule has 2 amide bonds. The Morgan fingerprint density at radius 1 is 1.08 bits per heavy atom. The highest BCUT2D eigenvalue weighted by Gasteiger charge is 2.27. The molecule has 0 atom stereocenters. The molecule has 1 fully saturated rings. The molecule has 1 saturated carbocycles. The van der Waals surface area contributed by atoms with E-state index in [2.05, 4.69) is 31.9 Å². The summed E-state index contributed by atoms with van der Waals surface area (Å²) in [6.07, 6.45) is 3.24.